The van der Waals surface area contributed by atoms with Gasteiger partial charge in [0, 0.05) is 0 Å². The highest BCUT2D eigenvalue weighted by atomic mass is 32.1. The number of ether oxygens (including phenoxy) is 2. The zero-order valence-electron chi connectivity index (χ0n) is 14.8. The maximum atomic E-state index is 14.0. The van der Waals surface area contributed by atoms with Crippen molar-refractivity contribution in [1.29, 1.82) is 0 Å². The van der Waals surface area contributed by atoms with Gasteiger partial charge in [0.2, 0.25) is 5.13 Å². The first-order valence-corrected chi connectivity index (χ1v) is 9.19. The van der Waals surface area contributed by atoms with Crippen molar-refractivity contribution in [2.24, 2.45) is 0 Å². The van der Waals surface area contributed by atoms with Crippen molar-refractivity contribution in [1.82, 2.24) is 15.0 Å². The number of nitrogens with zero attached hydrogens (tertiary/aromatic N) is 3. The van der Waals surface area contributed by atoms with Gasteiger partial charge in [-0.25, -0.2) is 14.4 Å². The minimum Gasteiger partial charge on any atom is -0.497 e. The quantitative estimate of drug-likeness (QED) is 0.451. The Bertz CT molecular complexity index is 1070. The van der Waals surface area contributed by atoms with Gasteiger partial charge in [0.15, 0.2) is 11.6 Å². The second-order valence-electron chi connectivity index (χ2n) is 5.73. The molecule has 4 rings (SSSR count). The second-order valence-corrected chi connectivity index (χ2v) is 6.76. The Labute approximate surface area is 164 Å². The number of hydrogen-bond acceptors (Lipinski definition) is 8. The van der Waals surface area contributed by atoms with Crippen LogP contribution in [0.2, 0.25) is 0 Å². The summed E-state index contributed by atoms with van der Waals surface area (Å²) in [6.07, 6.45) is 1.05. The number of para-hydroxylation sites is 1. The van der Waals surface area contributed by atoms with Crippen LogP contribution in [0.25, 0.3) is 10.2 Å². The number of fused-ring (bicyclic) bond motifs is 1. The van der Waals surface area contributed by atoms with Crippen molar-refractivity contribution < 1.29 is 13.9 Å². The van der Waals surface area contributed by atoms with E-state index in [9.17, 15) is 4.39 Å². The molecule has 142 valence electrons. The number of nitrogens with one attached hydrogen (secondary N) is 2. The number of rotatable bonds is 7. The molecule has 0 spiro atoms. The first-order chi connectivity index (χ1) is 13.7. The summed E-state index contributed by atoms with van der Waals surface area (Å²) in [5.74, 6) is 0.0840. The van der Waals surface area contributed by atoms with Gasteiger partial charge in [-0.3, -0.25) is 10.9 Å². The van der Waals surface area contributed by atoms with Crippen LogP contribution in [0.15, 0.2) is 54.7 Å². The van der Waals surface area contributed by atoms with E-state index in [0.29, 0.717) is 5.13 Å². The van der Waals surface area contributed by atoms with Gasteiger partial charge in [-0.05, 0) is 29.8 Å². The molecule has 0 saturated heterocycles. The molecule has 0 amide bonds. The molecule has 0 bridgehead atoms. The lowest BCUT2D eigenvalue weighted by atomic mass is 10.2. The van der Waals surface area contributed by atoms with Gasteiger partial charge in [-0.2, -0.15) is 4.98 Å². The minimum absolute atomic E-state index is 0.0325. The standard InChI is InChI=1S/C19H16FN5O2S/c1-26-13-6-4-5-12(9-13)11-27-18-21-10-14(20)17(23-18)24-25-19-22-15-7-2-3-8-16(15)28-19/h2-10H,11H2,1H3,(H,22,25)(H,21,23,24). The Morgan fingerprint density at radius 1 is 1.07 bits per heavy atom. The highest BCUT2D eigenvalue weighted by Crippen LogP contribution is 2.25. The van der Waals surface area contributed by atoms with Crippen LogP contribution in [-0.4, -0.2) is 22.1 Å². The van der Waals surface area contributed by atoms with E-state index >= 15 is 0 Å². The molecule has 0 unspecified atom stereocenters. The van der Waals surface area contributed by atoms with Crippen molar-refractivity contribution in [3.63, 3.8) is 0 Å². The summed E-state index contributed by atoms with van der Waals surface area (Å²) in [6.45, 7) is 0.230. The molecule has 0 aliphatic heterocycles. The number of aromatic nitrogens is 3. The minimum atomic E-state index is -0.609. The molecule has 0 saturated carbocycles. The Hall–Kier alpha value is -3.46. The topological polar surface area (TPSA) is 81.2 Å². The van der Waals surface area contributed by atoms with Crippen LogP contribution in [0, 0.1) is 5.82 Å². The fourth-order valence-corrected chi connectivity index (χ4v) is 3.28. The van der Waals surface area contributed by atoms with Gasteiger partial charge in [0.1, 0.15) is 12.4 Å². The zero-order valence-corrected chi connectivity index (χ0v) is 15.7. The SMILES string of the molecule is COc1cccc(COc2ncc(F)c(NNc3nc4ccccc4s3)n2)c1. The second kappa shape index (κ2) is 8.05. The third kappa shape index (κ3) is 4.09. The van der Waals surface area contributed by atoms with Crippen LogP contribution < -0.4 is 20.3 Å². The Kier molecular flexibility index (Phi) is 5.16. The van der Waals surface area contributed by atoms with Gasteiger partial charge >= 0.3 is 6.01 Å². The number of anilines is 2. The summed E-state index contributed by atoms with van der Waals surface area (Å²) >= 11 is 1.44. The predicted octanol–water partition coefficient (Wildman–Crippen LogP) is 4.25. The maximum Gasteiger partial charge on any atom is 0.318 e. The molecule has 2 aromatic carbocycles. The summed E-state index contributed by atoms with van der Waals surface area (Å²) in [4.78, 5) is 12.3. The fourth-order valence-electron chi connectivity index (χ4n) is 2.46. The van der Waals surface area contributed by atoms with E-state index in [0.717, 1.165) is 27.7 Å². The average Bonchev–Trinajstić information content (AvgIpc) is 3.15. The van der Waals surface area contributed by atoms with E-state index in [-0.39, 0.29) is 18.4 Å². The molecule has 0 atom stereocenters. The summed E-state index contributed by atoms with van der Waals surface area (Å²) in [5.41, 5.74) is 7.33. The molecule has 7 nitrogen and oxygen atoms in total. The molecule has 0 aliphatic rings. The van der Waals surface area contributed by atoms with Crippen molar-refractivity contribution in [3.8, 4) is 11.8 Å². The molecular weight excluding hydrogens is 381 g/mol. The summed E-state index contributed by atoms with van der Waals surface area (Å²) in [6, 6.07) is 15.2. The lowest BCUT2D eigenvalue weighted by molar-refractivity contribution is 0.279. The number of methoxy groups -OCH3 is 1. The average molecular weight is 397 g/mol. The molecule has 0 aliphatic carbocycles. The van der Waals surface area contributed by atoms with Crippen LogP contribution in [-0.2, 0) is 6.61 Å². The van der Waals surface area contributed by atoms with E-state index in [1.54, 1.807) is 7.11 Å². The van der Waals surface area contributed by atoms with Crippen LogP contribution in [0.1, 0.15) is 5.56 Å². The third-order valence-electron chi connectivity index (χ3n) is 3.81. The van der Waals surface area contributed by atoms with Crippen LogP contribution >= 0.6 is 11.3 Å². The number of thiazole rings is 1. The highest BCUT2D eigenvalue weighted by Gasteiger charge is 2.10. The van der Waals surface area contributed by atoms with Gasteiger partial charge in [-0.15, -0.1) is 0 Å². The van der Waals surface area contributed by atoms with Crippen molar-refractivity contribution in [2.75, 3.05) is 18.0 Å². The van der Waals surface area contributed by atoms with E-state index in [1.807, 2.05) is 48.5 Å². The number of benzene rings is 2. The van der Waals surface area contributed by atoms with Crippen LogP contribution in [0.5, 0.6) is 11.8 Å². The number of hydrazine groups is 1. The number of halogens is 1. The first kappa shape index (κ1) is 17.9. The summed E-state index contributed by atoms with van der Waals surface area (Å²) in [7, 11) is 1.60. The lowest BCUT2D eigenvalue weighted by Gasteiger charge is -2.09. The zero-order chi connectivity index (χ0) is 19.3. The van der Waals surface area contributed by atoms with E-state index in [1.165, 1.54) is 11.3 Å². The molecule has 2 aromatic heterocycles. The first-order valence-electron chi connectivity index (χ1n) is 8.37. The number of hydrogen-bond donors (Lipinski definition) is 2. The van der Waals surface area contributed by atoms with Crippen molar-refractivity contribution in [3.05, 3.63) is 66.1 Å². The van der Waals surface area contributed by atoms with E-state index in [4.69, 9.17) is 9.47 Å². The lowest BCUT2D eigenvalue weighted by Crippen LogP contribution is -2.12. The molecule has 0 fully saturated rings. The van der Waals surface area contributed by atoms with Crippen molar-refractivity contribution in [2.45, 2.75) is 6.61 Å². The van der Waals surface area contributed by atoms with Gasteiger partial charge < -0.3 is 9.47 Å². The molecule has 9 heteroatoms. The molecule has 0 radical (unpaired) electrons. The smallest absolute Gasteiger partial charge is 0.318 e. The summed E-state index contributed by atoms with van der Waals surface area (Å²) in [5, 5.41) is 0.595. The molecular formula is C19H16FN5O2S. The fraction of sp³-hybridized carbons (Fsp3) is 0.105. The highest BCUT2D eigenvalue weighted by molar-refractivity contribution is 7.22. The Balaban J connectivity index is 1.42. The maximum absolute atomic E-state index is 14.0. The van der Waals surface area contributed by atoms with Crippen LogP contribution in [0.4, 0.5) is 15.3 Å². The largest absolute Gasteiger partial charge is 0.497 e. The Morgan fingerprint density at radius 3 is 2.82 bits per heavy atom. The molecule has 4 aromatic rings. The monoisotopic (exact) mass is 397 g/mol. The summed E-state index contributed by atoms with van der Waals surface area (Å²) < 4.78 is 25.8. The normalized spacial score (nSPS) is 10.6. The third-order valence-corrected chi connectivity index (χ3v) is 4.76. The van der Waals surface area contributed by atoms with Crippen LogP contribution in [0.3, 0.4) is 0 Å². The molecule has 2 N–H and O–H groups in total. The predicted molar refractivity (Wildman–Crippen MR) is 106 cm³/mol. The molecule has 28 heavy (non-hydrogen) atoms. The van der Waals surface area contributed by atoms with Gasteiger partial charge in [-0.1, -0.05) is 35.6 Å². The van der Waals surface area contributed by atoms with E-state index in [2.05, 4.69) is 25.8 Å². The van der Waals surface area contributed by atoms with Crippen molar-refractivity contribution >= 4 is 32.5 Å². The Morgan fingerprint density at radius 2 is 1.96 bits per heavy atom. The van der Waals surface area contributed by atoms with Gasteiger partial charge in [0.25, 0.3) is 0 Å². The molecule has 2 heterocycles. The van der Waals surface area contributed by atoms with Gasteiger partial charge in [0.05, 0.1) is 23.5 Å². The van der Waals surface area contributed by atoms with E-state index < -0.39 is 5.82 Å².